The van der Waals surface area contributed by atoms with Gasteiger partial charge in [0.15, 0.2) is 11.5 Å². The fraction of sp³-hybridized carbons (Fsp3) is 0.148. The van der Waals surface area contributed by atoms with Crippen molar-refractivity contribution in [3.05, 3.63) is 120 Å². The number of hydrogen-bond donors (Lipinski definition) is 1. The number of fused-ring (bicyclic) bond motifs is 1. The second-order valence-electron chi connectivity index (χ2n) is 7.98. The zero-order valence-electron chi connectivity index (χ0n) is 18.1. The molecule has 0 unspecified atom stereocenters. The van der Waals surface area contributed by atoms with Crippen LogP contribution in [0.1, 0.15) is 39.8 Å². The van der Waals surface area contributed by atoms with Crippen LogP contribution < -0.4 is 5.32 Å². The van der Waals surface area contributed by atoms with E-state index in [4.69, 9.17) is 4.42 Å². The topological polar surface area (TPSA) is 73.0 Å². The van der Waals surface area contributed by atoms with Gasteiger partial charge in [-0.1, -0.05) is 60.7 Å². The number of amides is 1. The molecule has 0 spiro atoms. The Kier molecular flexibility index (Phi) is 5.97. The molecule has 1 atom stereocenters. The van der Waals surface area contributed by atoms with E-state index >= 15 is 0 Å². The van der Waals surface area contributed by atoms with E-state index < -0.39 is 0 Å². The number of imidazole rings is 1. The van der Waals surface area contributed by atoms with Gasteiger partial charge >= 0.3 is 0 Å². The predicted molar refractivity (Wildman–Crippen MR) is 127 cm³/mol. The molecule has 0 aliphatic heterocycles. The van der Waals surface area contributed by atoms with E-state index in [0.717, 1.165) is 24.1 Å². The fourth-order valence-corrected chi connectivity index (χ4v) is 3.91. The molecule has 0 fully saturated rings. The Morgan fingerprint density at radius 2 is 1.79 bits per heavy atom. The molecule has 5 rings (SSSR count). The number of nitrogens with one attached hydrogen (secondary N) is 1. The van der Waals surface area contributed by atoms with Crippen LogP contribution >= 0.6 is 0 Å². The van der Waals surface area contributed by atoms with Gasteiger partial charge in [0.1, 0.15) is 5.52 Å². The van der Waals surface area contributed by atoms with E-state index in [9.17, 15) is 4.79 Å². The van der Waals surface area contributed by atoms with Crippen LogP contribution in [0.25, 0.3) is 11.1 Å². The van der Waals surface area contributed by atoms with E-state index in [-0.39, 0.29) is 11.9 Å². The zero-order valence-corrected chi connectivity index (χ0v) is 18.1. The maximum Gasteiger partial charge on any atom is 0.251 e. The summed E-state index contributed by atoms with van der Waals surface area (Å²) in [6.07, 6.45) is 6.83. The number of carbonyl (C=O) groups excluding carboxylic acids is 1. The number of oxazole rings is 1. The third-order valence-electron chi connectivity index (χ3n) is 5.63. The first kappa shape index (κ1) is 20.7. The van der Waals surface area contributed by atoms with Crippen LogP contribution in [0.5, 0.6) is 0 Å². The minimum Gasteiger partial charge on any atom is -0.440 e. The van der Waals surface area contributed by atoms with Gasteiger partial charge in [0.25, 0.3) is 5.91 Å². The van der Waals surface area contributed by atoms with E-state index in [2.05, 4.69) is 15.3 Å². The molecule has 1 N–H and O–H groups in total. The van der Waals surface area contributed by atoms with E-state index in [1.807, 2.05) is 77.5 Å². The molecule has 0 bridgehead atoms. The van der Waals surface area contributed by atoms with E-state index in [1.54, 1.807) is 24.7 Å². The Bertz CT molecular complexity index is 1330. The third-order valence-corrected chi connectivity index (χ3v) is 5.63. The molecular formula is C27H24N4O2. The number of aryl methyl sites for hydroxylation is 1. The SMILES string of the molecule is O=C(N[C@H](CCn1ccnc1)c1ccccc1)c1ccc2oc(Cc3ccccc3)nc2c1. The van der Waals surface area contributed by atoms with Crippen LogP contribution in [0.3, 0.4) is 0 Å². The Morgan fingerprint density at radius 3 is 2.55 bits per heavy atom. The smallest absolute Gasteiger partial charge is 0.251 e. The monoisotopic (exact) mass is 436 g/mol. The first-order valence-corrected chi connectivity index (χ1v) is 11.0. The summed E-state index contributed by atoms with van der Waals surface area (Å²) in [6.45, 7) is 0.755. The maximum absolute atomic E-state index is 13.1. The zero-order chi connectivity index (χ0) is 22.5. The lowest BCUT2D eigenvalue weighted by Gasteiger charge is -2.19. The van der Waals surface area contributed by atoms with Crippen molar-refractivity contribution >= 4 is 17.0 Å². The molecule has 0 radical (unpaired) electrons. The van der Waals surface area contributed by atoms with Crippen molar-refractivity contribution in [1.29, 1.82) is 0 Å². The molecule has 2 aromatic heterocycles. The van der Waals surface area contributed by atoms with Gasteiger partial charge in [-0.2, -0.15) is 0 Å². The fourth-order valence-electron chi connectivity index (χ4n) is 3.91. The van der Waals surface area contributed by atoms with Crippen molar-refractivity contribution in [1.82, 2.24) is 19.9 Å². The van der Waals surface area contributed by atoms with E-state index in [0.29, 0.717) is 29.0 Å². The van der Waals surface area contributed by atoms with Gasteiger partial charge in [-0.3, -0.25) is 4.79 Å². The molecule has 6 heteroatoms. The lowest BCUT2D eigenvalue weighted by Crippen LogP contribution is -2.29. The molecular weight excluding hydrogens is 412 g/mol. The van der Waals surface area contributed by atoms with Crippen molar-refractivity contribution in [2.75, 3.05) is 0 Å². The first-order chi connectivity index (χ1) is 16.2. The average Bonchev–Trinajstić information content (AvgIpc) is 3.51. The number of hydrogen-bond acceptors (Lipinski definition) is 4. The summed E-state index contributed by atoms with van der Waals surface area (Å²) < 4.78 is 7.90. The number of benzene rings is 3. The minimum absolute atomic E-state index is 0.122. The normalized spacial score (nSPS) is 12.0. The predicted octanol–water partition coefficient (Wildman–Crippen LogP) is 5.18. The minimum atomic E-state index is -0.135. The van der Waals surface area contributed by atoms with Gasteiger partial charge in [0.2, 0.25) is 0 Å². The Morgan fingerprint density at radius 1 is 1.00 bits per heavy atom. The average molecular weight is 437 g/mol. The summed E-state index contributed by atoms with van der Waals surface area (Å²) in [5, 5.41) is 3.19. The Hall–Kier alpha value is -4.19. The van der Waals surface area contributed by atoms with Crippen molar-refractivity contribution in [3.8, 4) is 0 Å². The molecule has 1 amide bonds. The van der Waals surface area contributed by atoms with Crippen molar-refractivity contribution in [2.24, 2.45) is 0 Å². The third kappa shape index (κ3) is 5.01. The molecule has 6 nitrogen and oxygen atoms in total. The Labute approximate surface area is 191 Å². The summed E-state index contributed by atoms with van der Waals surface area (Å²) >= 11 is 0. The van der Waals surface area contributed by atoms with Gasteiger partial charge in [0, 0.05) is 30.9 Å². The molecule has 3 aromatic carbocycles. The van der Waals surface area contributed by atoms with Crippen LogP contribution in [0.4, 0.5) is 0 Å². The van der Waals surface area contributed by atoms with Crippen LogP contribution in [0, 0.1) is 0 Å². The van der Waals surface area contributed by atoms with Crippen LogP contribution in [0.15, 0.2) is 102 Å². The van der Waals surface area contributed by atoms with Crippen molar-refractivity contribution < 1.29 is 9.21 Å². The molecule has 0 saturated heterocycles. The summed E-state index contributed by atoms with van der Waals surface area (Å²) in [5.41, 5.74) is 4.12. The van der Waals surface area contributed by atoms with Gasteiger partial charge in [-0.05, 0) is 35.7 Å². The second kappa shape index (κ2) is 9.53. The molecule has 33 heavy (non-hydrogen) atoms. The highest BCUT2D eigenvalue weighted by molar-refractivity contribution is 5.97. The van der Waals surface area contributed by atoms with Crippen LogP contribution in [-0.4, -0.2) is 20.4 Å². The van der Waals surface area contributed by atoms with Gasteiger partial charge in [-0.25, -0.2) is 9.97 Å². The molecule has 164 valence electrons. The van der Waals surface area contributed by atoms with Gasteiger partial charge in [-0.15, -0.1) is 0 Å². The standard InChI is InChI=1S/C27H24N4O2/c32-27(30-23(21-9-5-2-6-10-21)13-15-31-16-14-28-19-31)22-11-12-25-24(18-22)29-26(33-25)17-20-7-3-1-4-8-20/h1-12,14,16,18-19,23H,13,15,17H2,(H,30,32)/t23-/m1/s1. The quantitative estimate of drug-likeness (QED) is 0.364. The lowest BCUT2D eigenvalue weighted by molar-refractivity contribution is 0.0933. The second-order valence-corrected chi connectivity index (χ2v) is 7.98. The summed E-state index contributed by atoms with van der Waals surface area (Å²) in [7, 11) is 0. The highest BCUT2D eigenvalue weighted by atomic mass is 16.3. The molecule has 0 aliphatic rings. The van der Waals surface area contributed by atoms with Gasteiger partial charge < -0.3 is 14.3 Å². The van der Waals surface area contributed by atoms with Crippen molar-refractivity contribution in [2.45, 2.75) is 25.4 Å². The number of aromatic nitrogens is 3. The largest absolute Gasteiger partial charge is 0.440 e. The molecule has 0 aliphatic carbocycles. The maximum atomic E-state index is 13.1. The summed E-state index contributed by atoms with van der Waals surface area (Å²) in [6, 6.07) is 25.4. The molecule has 0 saturated carbocycles. The summed E-state index contributed by atoms with van der Waals surface area (Å²) in [4.78, 5) is 21.8. The highest BCUT2D eigenvalue weighted by Crippen LogP contribution is 2.22. The number of carbonyl (C=O) groups is 1. The number of nitrogens with zero attached hydrogens (tertiary/aromatic N) is 3. The van der Waals surface area contributed by atoms with Crippen LogP contribution in [-0.2, 0) is 13.0 Å². The van der Waals surface area contributed by atoms with Crippen molar-refractivity contribution in [3.63, 3.8) is 0 Å². The van der Waals surface area contributed by atoms with Crippen LogP contribution in [0.2, 0.25) is 0 Å². The van der Waals surface area contributed by atoms with E-state index in [1.165, 1.54) is 0 Å². The Balaban J connectivity index is 1.33. The summed E-state index contributed by atoms with van der Waals surface area (Å²) in [5.74, 6) is 0.500. The van der Waals surface area contributed by atoms with Gasteiger partial charge in [0.05, 0.1) is 12.4 Å². The number of rotatable bonds is 8. The lowest BCUT2D eigenvalue weighted by atomic mass is 10.0. The first-order valence-electron chi connectivity index (χ1n) is 11.0. The molecule has 2 heterocycles. The highest BCUT2D eigenvalue weighted by Gasteiger charge is 2.17. The molecule has 5 aromatic rings.